The number of amides is 1. The van der Waals surface area contributed by atoms with Crippen LogP contribution in [0.1, 0.15) is 38.5 Å². The smallest absolute Gasteiger partial charge is 0.239 e. The summed E-state index contributed by atoms with van der Waals surface area (Å²) in [4.78, 5) is 14.7. The van der Waals surface area contributed by atoms with Crippen molar-refractivity contribution >= 4 is 17.3 Å². The van der Waals surface area contributed by atoms with E-state index in [-0.39, 0.29) is 12.0 Å². The number of benzene rings is 1. The van der Waals surface area contributed by atoms with Crippen molar-refractivity contribution in [3.8, 4) is 0 Å². The molecule has 3 fully saturated rings. The van der Waals surface area contributed by atoms with E-state index in [4.69, 9.17) is 0 Å². The molecule has 1 heterocycles. The minimum Gasteiger partial charge on any atom is -0.393 e. The normalized spacial score (nSPS) is 21.4. The van der Waals surface area contributed by atoms with E-state index in [0.29, 0.717) is 12.6 Å². The summed E-state index contributed by atoms with van der Waals surface area (Å²) < 4.78 is 0. The molecule has 3 N–H and O–H groups in total. The third-order valence-electron chi connectivity index (χ3n) is 5.74. The SMILES string of the molecule is O=C(CNc1ccccc1N1CCC(O)CC1)NC(C1CC1)C1CC1. The van der Waals surface area contributed by atoms with Crippen LogP contribution in [-0.2, 0) is 4.79 Å². The lowest BCUT2D eigenvalue weighted by Gasteiger charge is -2.33. The van der Waals surface area contributed by atoms with Crippen molar-refractivity contribution in [3.63, 3.8) is 0 Å². The summed E-state index contributed by atoms with van der Waals surface area (Å²) in [5.74, 6) is 1.56. The minimum atomic E-state index is -0.177. The summed E-state index contributed by atoms with van der Waals surface area (Å²) in [6.45, 7) is 2.04. The van der Waals surface area contributed by atoms with E-state index in [0.717, 1.165) is 49.1 Å². The number of carbonyl (C=O) groups is 1. The summed E-state index contributed by atoms with van der Waals surface area (Å²) in [5, 5.41) is 16.3. The van der Waals surface area contributed by atoms with Crippen LogP contribution in [-0.4, -0.2) is 42.8 Å². The lowest BCUT2D eigenvalue weighted by atomic mass is 10.1. The molecule has 3 aliphatic rings. The van der Waals surface area contributed by atoms with Gasteiger partial charge < -0.3 is 20.6 Å². The Balaban J connectivity index is 1.33. The highest BCUT2D eigenvalue weighted by molar-refractivity contribution is 5.83. The standard InChI is InChI=1S/C20H29N3O2/c24-16-9-11-23(12-10-16)18-4-2-1-3-17(18)21-13-19(25)22-20(14-5-6-14)15-7-8-15/h1-4,14-16,20-21,24H,5-13H2,(H,22,25). The number of aliphatic hydroxyl groups is 1. The first-order chi connectivity index (χ1) is 12.2. The maximum Gasteiger partial charge on any atom is 0.239 e. The maximum absolute atomic E-state index is 12.4. The maximum atomic E-state index is 12.4. The minimum absolute atomic E-state index is 0.104. The van der Waals surface area contributed by atoms with Gasteiger partial charge in [0.05, 0.1) is 24.0 Å². The molecule has 0 bridgehead atoms. The van der Waals surface area contributed by atoms with Gasteiger partial charge in [0, 0.05) is 19.1 Å². The van der Waals surface area contributed by atoms with Gasteiger partial charge in [-0.15, -0.1) is 0 Å². The van der Waals surface area contributed by atoms with E-state index in [1.807, 2.05) is 18.2 Å². The van der Waals surface area contributed by atoms with Gasteiger partial charge in [0.2, 0.25) is 5.91 Å². The van der Waals surface area contributed by atoms with E-state index in [1.54, 1.807) is 0 Å². The average Bonchev–Trinajstić information content (AvgIpc) is 3.52. The summed E-state index contributed by atoms with van der Waals surface area (Å²) in [5.41, 5.74) is 2.13. The Hall–Kier alpha value is -1.75. The fourth-order valence-electron chi connectivity index (χ4n) is 3.95. The van der Waals surface area contributed by atoms with E-state index < -0.39 is 0 Å². The number of nitrogens with zero attached hydrogens (tertiary/aromatic N) is 1. The van der Waals surface area contributed by atoms with Gasteiger partial charge in [0.1, 0.15) is 0 Å². The van der Waals surface area contributed by atoms with E-state index in [1.165, 1.54) is 25.7 Å². The van der Waals surface area contributed by atoms with Crippen molar-refractivity contribution < 1.29 is 9.90 Å². The Morgan fingerprint density at radius 2 is 1.72 bits per heavy atom. The molecular formula is C20H29N3O2. The number of nitrogens with one attached hydrogen (secondary N) is 2. The molecule has 0 atom stereocenters. The molecule has 0 unspecified atom stereocenters. The van der Waals surface area contributed by atoms with Crippen LogP contribution in [0.3, 0.4) is 0 Å². The monoisotopic (exact) mass is 343 g/mol. The van der Waals surface area contributed by atoms with Crippen LogP contribution in [0.15, 0.2) is 24.3 Å². The number of hydrogen-bond donors (Lipinski definition) is 3. The Morgan fingerprint density at radius 3 is 2.36 bits per heavy atom. The summed E-state index contributed by atoms with van der Waals surface area (Å²) in [6, 6.07) is 8.57. The first-order valence-corrected chi connectivity index (χ1v) is 9.76. The molecule has 1 aromatic carbocycles. The van der Waals surface area contributed by atoms with Crippen molar-refractivity contribution in [2.24, 2.45) is 11.8 Å². The van der Waals surface area contributed by atoms with Crippen LogP contribution < -0.4 is 15.5 Å². The molecule has 2 saturated carbocycles. The Morgan fingerprint density at radius 1 is 1.08 bits per heavy atom. The predicted molar refractivity (Wildman–Crippen MR) is 99.8 cm³/mol. The van der Waals surface area contributed by atoms with Gasteiger partial charge in [-0.3, -0.25) is 4.79 Å². The summed E-state index contributed by atoms with van der Waals surface area (Å²) >= 11 is 0. The highest BCUT2D eigenvalue weighted by Gasteiger charge is 2.42. The molecule has 136 valence electrons. The number of carbonyl (C=O) groups excluding carboxylic acids is 1. The van der Waals surface area contributed by atoms with Crippen LogP contribution in [0.25, 0.3) is 0 Å². The molecule has 1 aliphatic heterocycles. The Kier molecular flexibility index (Phi) is 4.84. The number of para-hydroxylation sites is 2. The highest BCUT2D eigenvalue weighted by atomic mass is 16.3. The molecule has 1 amide bonds. The zero-order valence-corrected chi connectivity index (χ0v) is 14.8. The van der Waals surface area contributed by atoms with E-state index in [2.05, 4.69) is 21.6 Å². The van der Waals surface area contributed by atoms with Crippen LogP contribution in [0, 0.1) is 11.8 Å². The fourth-order valence-corrected chi connectivity index (χ4v) is 3.95. The van der Waals surface area contributed by atoms with Gasteiger partial charge in [-0.2, -0.15) is 0 Å². The molecule has 5 heteroatoms. The van der Waals surface area contributed by atoms with Crippen LogP contribution >= 0.6 is 0 Å². The van der Waals surface area contributed by atoms with Crippen molar-refractivity contribution in [2.75, 3.05) is 29.9 Å². The Labute approximate surface area is 149 Å². The van der Waals surface area contributed by atoms with Gasteiger partial charge >= 0.3 is 0 Å². The molecule has 25 heavy (non-hydrogen) atoms. The molecule has 2 aliphatic carbocycles. The van der Waals surface area contributed by atoms with Crippen LogP contribution in [0.5, 0.6) is 0 Å². The molecule has 5 nitrogen and oxygen atoms in total. The number of piperidine rings is 1. The number of anilines is 2. The third-order valence-corrected chi connectivity index (χ3v) is 5.74. The second-order valence-electron chi connectivity index (χ2n) is 7.86. The highest BCUT2D eigenvalue weighted by Crippen LogP contribution is 2.44. The van der Waals surface area contributed by atoms with Gasteiger partial charge in [0.25, 0.3) is 0 Å². The lowest BCUT2D eigenvalue weighted by Crippen LogP contribution is -2.41. The number of aliphatic hydroxyl groups excluding tert-OH is 1. The van der Waals surface area contributed by atoms with Gasteiger partial charge in [-0.1, -0.05) is 12.1 Å². The molecule has 0 spiro atoms. The predicted octanol–water partition coefficient (Wildman–Crippen LogP) is 2.36. The van der Waals surface area contributed by atoms with Crippen LogP contribution in [0.2, 0.25) is 0 Å². The second-order valence-corrected chi connectivity index (χ2v) is 7.86. The zero-order chi connectivity index (χ0) is 17.2. The Bertz CT molecular complexity index is 593. The van der Waals surface area contributed by atoms with Crippen molar-refractivity contribution in [2.45, 2.75) is 50.7 Å². The second kappa shape index (κ2) is 7.24. The van der Waals surface area contributed by atoms with E-state index >= 15 is 0 Å². The van der Waals surface area contributed by atoms with E-state index in [9.17, 15) is 9.90 Å². The topological polar surface area (TPSA) is 64.6 Å². The average molecular weight is 343 g/mol. The van der Waals surface area contributed by atoms with Gasteiger partial charge in [-0.25, -0.2) is 0 Å². The van der Waals surface area contributed by atoms with Gasteiger partial charge in [0.15, 0.2) is 0 Å². The quantitative estimate of drug-likeness (QED) is 0.711. The zero-order valence-electron chi connectivity index (χ0n) is 14.8. The lowest BCUT2D eigenvalue weighted by molar-refractivity contribution is -0.120. The molecule has 1 aromatic rings. The largest absolute Gasteiger partial charge is 0.393 e. The molecule has 0 radical (unpaired) electrons. The van der Waals surface area contributed by atoms with Crippen molar-refractivity contribution in [1.82, 2.24) is 5.32 Å². The van der Waals surface area contributed by atoms with Crippen LogP contribution in [0.4, 0.5) is 11.4 Å². The molecule has 0 aromatic heterocycles. The number of rotatable bonds is 7. The molecular weight excluding hydrogens is 314 g/mol. The summed E-state index contributed by atoms with van der Waals surface area (Å²) in [6.07, 6.45) is 6.54. The van der Waals surface area contributed by atoms with Crippen molar-refractivity contribution in [3.05, 3.63) is 24.3 Å². The van der Waals surface area contributed by atoms with Crippen molar-refractivity contribution in [1.29, 1.82) is 0 Å². The van der Waals surface area contributed by atoms with Gasteiger partial charge in [-0.05, 0) is 62.5 Å². The molecule has 1 saturated heterocycles. The first kappa shape index (κ1) is 16.7. The number of hydrogen-bond acceptors (Lipinski definition) is 4. The summed E-state index contributed by atoms with van der Waals surface area (Å²) in [7, 11) is 0. The molecule has 4 rings (SSSR count). The third kappa shape index (κ3) is 4.27. The fraction of sp³-hybridized carbons (Fsp3) is 0.650. The first-order valence-electron chi connectivity index (χ1n) is 9.76.